The van der Waals surface area contributed by atoms with Crippen LogP contribution in [-0.2, 0) is 21.6 Å². The normalized spacial score (nSPS) is 17.2. The van der Waals surface area contributed by atoms with E-state index in [1.807, 2.05) is 45.0 Å². The third-order valence-corrected chi connectivity index (χ3v) is 8.54. The Morgan fingerprint density at radius 3 is 2.11 bits per heavy atom. The molecule has 1 unspecified atom stereocenters. The summed E-state index contributed by atoms with van der Waals surface area (Å²) in [6.45, 7) is 15.4. The summed E-state index contributed by atoms with van der Waals surface area (Å²) in [6.07, 6.45) is 5.55. The molecule has 44 heavy (non-hydrogen) atoms. The van der Waals surface area contributed by atoms with Gasteiger partial charge in [0.1, 0.15) is 5.60 Å². The van der Waals surface area contributed by atoms with Crippen molar-refractivity contribution in [2.75, 3.05) is 0 Å². The Morgan fingerprint density at radius 2 is 1.45 bits per heavy atom. The number of nitrogens with one attached hydrogen (secondary N) is 2. The van der Waals surface area contributed by atoms with Crippen molar-refractivity contribution in [3.8, 4) is 0 Å². The molecule has 0 amide bonds. The number of aliphatic carboxylic acids is 2. The van der Waals surface area contributed by atoms with Crippen molar-refractivity contribution >= 4 is 56.8 Å². The second-order valence-electron chi connectivity index (χ2n) is 11.4. The lowest BCUT2D eigenvalue weighted by Crippen LogP contribution is -2.18. The quantitative estimate of drug-likeness (QED) is 0.191. The van der Waals surface area contributed by atoms with E-state index in [2.05, 4.69) is 23.1 Å². The van der Waals surface area contributed by atoms with Crippen LogP contribution in [0.25, 0.3) is 44.9 Å². The number of nitrogens with zero attached hydrogens (tertiary/aromatic N) is 2. The third-order valence-electron chi connectivity index (χ3n) is 8.54. The van der Waals surface area contributed by atoms with Crippen LogP contribution in [0.4, 0.5) is 0 Å². The highest BCUT2D eigenvalue weighted by Gasteiger charge is 2.36. The van der Waals surface area contributed by atoms with Crippen LogP contribution in [0.15, 0.2) is 49.6 Å². The minimum Gasteiger partial charge on any atom is -0.481 e. The van der Waals surface area contributed by atoms with Gasteiger partial charge < -0.3 is 25.3 Å². The molecule has 5 rings (SSSR count). The van der Waals surface area contributed by atoms with Crippen LogP contribution >= 0.6 is 0 Å². The molecule has 0 aromatic carbocycles. The molecular weight excluding hydrogens is 556 g/mol. The fourth-order valence-electron chi connectivity index (χ4n) is 5.99. The molecule has 0 spiro atoms. The van der Waals surface area contributed by atoms with Crippen LogP contribution in [0.5, 0.6) is 0 Å². The molecule has 226 valence electrons. The summed E-state index contributed by atoms with van der Waals surface area (Å²) in [4.78, 5) is 39.8. The highest BCUT2D eigenvalue weighted by atomic mass is 16.4. The Morgan fingerprint density at radius 1 is 0.841 bits per heavy atom. The molecule has 2 aliphatic rings. The lowest BCUT2D eigenvalue weighted by atomic mass is 9.92. The zero-order valence-electron chi connectivity index (χ0n) is 25.3. The molecule has 0 fully saturated rings. The van der Waals surface area contributed by atoms with Gasteiger partial charge >= 0.3 is 11.9 Å². The van der Waals surface area contributed by atoms with Gasteiger partial charge in [0.2, 0.25) is 0 Å². The summed E-state index contributed by atoms with van der Waals surface area (Å²) in [7, 11) is 0. The van der Waals surface area contributed by atoms with Crippen LogP contribution < -0.4 is 0 Å². The number of carboxylic acid groups (broad SMARTS) is 2. The molecule has 3 aromatic rings. The summed E-state index contributed by atoms with van der Waals surface area (Å²) in [6, 6.07) is 7.47. The Bertz CT molecular complexity index is 1970. The average molecular weight is 593 g/mol. The lowest BCUT2D eigenvalue weighted by molar-refractivity contribution is -0.137. The van der Waals surface area contributed by atoms with Gasteiger partial charge in [-0.15, -0.1) is 0 Å². The summed E-state index contributed by atoms with van der Waals surface area (Å²) >= 11 is 0. The highest BCUT2D eigenvalue weighted by molar-refractivity contribution is 5.94. The second-order valence-corrected chi connectivity index (χ2v) is 11.4. The molecule has 0 saturated carbocycles. The van der Waals surface area contributed by atoms with E-state index in [4.69, 9.17) is 9.97 Å². The third kappa shape index (κ3) is 5.42. The number of allylic oxidation sites excluding steroid dienone is 4. The number of hydrogen-bond acceptors (Lipinski definition) is 5. The van der Waals surface area contributed by atoms with Crippen molar-refractivity contribution in [3.05, 3.63) is 94.6 Å². The second kappa shape index (κ2) is 11.6. The van der Waals surface area contributed by atoms with Gasteiger partial charge in [-0.3, -0.25) is 9.59 Å². The van der Waals surface area contributed by atoms with Crippen LogP contribution in [0.2, 0.25) is 0 Å². The molecule has 0 aliphatic carbocycles. The first-order valence-corrected chi connectivity index (χ1v) is 14.4. The zero-order valence-corrected chi connectivity index (χ0v) is 25.3. The number of carbonyl (C=O) groups is 2. The van der Waals surface area contributed by atoms with Crippen LogP contribution in [0.1, 0.15) is 78.1 Å². The smallest absolute Gasteiger partial charge is 0.303 e. The van der Waals surface area contributed by atoms with E-state index in [-0.39, 0.29) is 25.7 Å². The average Bonchev–Trinajstić information content (AvgIpc) is 3.59. The van der Waals surface area contributed by atoms with Crippen molar-refractivity contribution in [1.29, 1.82) is 0 Å². The molecule has 0 saturated heterocycles. The predicted octanol–water partition coefficient (Wildman–Crippen LogP) is 6.86. The summed E-state index contributed by atoms with van der Waals surface area (Å²) in [5, 5.41) is 30.7. The monoisotopic (exact) mass is 592 g/mol. The molecular formula is C35H36N4O5. The predicted molar refractivity (Wildman–Crippen MR) is 174 cm³/mol. The fourth-order valence-corrected chi connectivity index (χ4v) is 5.99. The first-order valence-electron chi connectivity index (χ1n) is 14.4. The Balaban J connectivity index is 1.96. The summed E-state index contributed by atoms with van der Waals surface area (Å²) < 4.78 is 0. The maximum absolute atomic E-state index is 11.7. The molecule has 0 radical (unpaired) electrons. The first-order chi connectivity index (χ1) is 20.8. The highest BCUT2D eigenvalue weighted by Crippen LogP contribution is 2.41. The van der Waals surface area contributed by atoms with Gasteiger partial charge in [-0.05, 0) is 92.6 Å². The van der Waals surface area contributed by atoms with Gasteiger partial charge in [0, 0.05) is 46.0 Å². The van der Waals surface area contributed by atoms with Gasteiger partial charge in [0.15, 0.2) is 0 Å². The first kappa shape index (κ1) is 30.4. The number of aromatic nitrogens is 4. The van der Waals surface area contributed by atoms with Crippen molar-refractivity contribution in [1.82, 2.24) is 19.9 Å². The van der Waals surface area contributed by atoms with Gasteiger partial charge in [-0.2, -0.15) is 0 Å². The SMILES string of the molecule is C=C/C=C1/c2cc3[nH]c(cc4nc(cc5[nH]c(cc(n2)C1(C)O)c(C=C)c5C)C(C)=C4CCC(=O)O)c(CCC(=O)O)c3C. The molecule has 2 aliphatic heterocycles. The lowest BCUT2D eigenvalue weighted by Gasteiger charge is -2.18. The molecule has 5 N–H and O–H groups in total. The van der Waals surface area contributed by atoms with E-state index >= 15 is 0 Å². The maximum atomic E-state index is 11.7. The van der Waals surface area contributed by atoms with Crippen molar-refractivity contribution in [2.24, 2.45) is 0 Å². The van der Waals surface area contributed by atoms with Gasteiger partial charge in [-0.25, -0.2) is 9.97 Å². The Kier molecular flexibility index (Phi) is 8.01. The molecule has 8 bridgehead atoms. The van der Waals surface area contributed by atoms with Crippen LogP contribution in [0, 0.1) is 13.8 Å². The Hall–Kier alpha value is -5.02. The van der Waals surface area contributed by atoms with E-state index in [1.165, 1.54) is 0 Å². The molecule has 9 heteroatoms. The number of H-pyrrole nitrogens is 2. The minimum atomic E-state index is -1.42. The Labute approximate surface area is 255 Å². The van der Waals surface area contributed by atoms with Crippen molar-refractivity contribution in [2.45, 2.75) is 59.0 Å². The van der Waals surface area contributed by atoms with Crippen LogP contribution in [0.3, 0.4) is 0 Å². The molecule has 9 nitrogen and oxygen atoms in total. The topological polar surface area (TPSA) is 152 Å². The van der Waals surface area contributed by atoms with Gasteiger partial charge in [-0.1, -0.05) is 31.4 Å². The standard InChI is InChI=1S/C35H36N4O5/c1-7-9-24-31-15-27-20(5)23(11-13-34(42)43)29(37-27)16-28-22(10-12-33(40)41)19(4)26(36-28)14-25-18(3)21(8-2)30(38-25)17-32(39-31)35(24,6)44/h7-9,14-17,37-38,44H,1-2,10-13H2,3-6H3,(H,40,41)(H,42,43)/b24-9-,25-14?,26-14?,27-15?,28-16?,29-16?,30-17?,31-15?,32-17?. The molecule has 3 aromatic heterocycles. The van der Waals surface area contributed by atoms with Crippen LogP contribution in [-0.4, -0.2) is 47.2 Å². The maximum Gasteiger partial charge on any atom is 0.303 e. The van der Waals surface area contributed by atoms with E-state index < -0.39 is 17.5 Å². The van der Waals surface area contributed by atoms with Crippen molar-refractivity contribution < 1.29 is 24.9 Å². The number of hydrogen-bond donors (Lipinski definition) is 5. The number of rotatable bonds is 8. The van der Waals surface area contributed by atoms with E-state index in [0.29, 0.717) is 39.4 Å². The van der Waals surface area contributed by atoms with Gasteiger partial charge in [0.05, 0.1) is 22.8 Å². The van der Waals surface area contributed by atoms with Crippen molar-refractivity contribution in [3.63, 3.8) is 0 Å². The minimum absolute atomic E-state index is 0.0561. The van der Waals surface area contributed by atoms with E-state index in [0.717, 1.165) is 44.4 Å². The van der Waals surface area contributed by atoms with Gasteiger partial charge in [0.25, 0.3) is 0 Å². The fraction of sp³-hybridized carbons (Fsp3) is 0.257. The summed E-state index contributed by atoms with van der Waals surface area (Å²) in [5.74, 6) is -1.82. The largest absolute Gasteiger partial charge is 0.481 e. The van der Waals surface area contributed by atoms with E-state index in [9.17, 15) is 24.9 Å². The molecule has 1 atom stereocenters. The number of aryl methyl sites for hydroxylation is 3. The zero-order chi connectivity index (χ0) is 31.9. The molecule has 5 heterocycles. The van der Waals surface area contributed by atoms with E-state index in [1.54, 1.807) is 25.2 Å². The number of aliphatic hydroxyl groups is 1. The number of fused-ring (bicyclic) bond motifs is 8. The summed E-state index contributed by atoms with van der Waals surface area (Å²) in [5.41, 5.74) is 9.49. The number of aromatic amines is 2. The number of carboxylic acids is 2.